The van der Waals surface area contributed by atoms with Gasteiger partial charge >= 0.3 is 0 Å². The minimum Gasteiger partial charge on any atom is -0.497 e. The second kappa shape index (κ2) is 8.67. The monoisotopic (exact) mass is 415 g/mol. The molecule has 1 saturated carbocycles. The zero-order valence-corrected chi connectivity index (χ0v) is 18.0. The molecule has 0 unspecified atom stereocenters. The topological polar surface area (TPSA) is 54.5 Å². The number of nitrogens with zero attached hydrogens (tertiary/aromatic N) is 2. The molecule has 0 bridgehead atoms. The highest BCUT2D eigenvalue weighted by molar-refractivity contribution is 6.06. The Hall–Kier alpha value is -2.92. The third-order valence-corrected chi connectivity index (χ3v) is 6.51. The van der Waals surface area contributed by atoms with E-state index in [1.807, 2.05) is 42.5 Å². The van der Waals surface area contributed by atoms with Gasteiger partial charge in [-0.3, -0.25) is 14.7 Å². The molecule has 1 saturated heterocycles. The van der Waals surface area contributed by atoms with Gasteiger partial charge in [-0.2, -0.15) is 0 Å². The quantitative estimate of drug-likeness (QED) is 0.608. The molecule has 2 fully saturated rings. The number of hydrogen-bond acceptors (Lipinski definition) is 4. The van der Waals surface area contributed by atoms with Crippen molar-refractivity contribution in [2.24, 2.45) is 0 Å². The van der Waals surface area contributed by atoms with E-state index < -0.39 is 0 Å². The average molecular weight is 416 g/mol. The average Bonchev–Trinajstić information content (AvgIpc) is 3.54. The van der Waals surface area contributed by atoms with Crippen LogP contribution in [-0.2, 0) is 0 Å². The van der Waals surface area contributed by atoms with E-state index in [1.165, 1.54) is 31.2 Å². The number of nitrogens with one attached hydrogen (secondary N) is 1. The van der Waals surface area contributed by atoms with Gasteiger partial charge in [-0.25, -0.2) is 0 Å². The summed E-state index contributed by atoms with van der Waals surface area (Å²) in [4.78, 5) is 20.6. The lowest BCUT2D eigenvalue weighted by molar-refractivity contribution is 0.0939. The summed E-state index contributed by atoms with van der Waals surface area (Å²) in [5.74, 6) is 1.34. The Morgan fingerprint density at radius 1 is 1.13 bits per heavy atom. The van der Waals surface area contributed by atoms with E-state index in [1.54, 1.807) is 7.11 Å². The molecule has 2 aromatic carbocycles. The second-order valence-electron chi connectivity index (χ2n) is 8.63. The number of para-hydroxylation sites is 1. The number of ether oxygens (including phenoxy) is 1. The number of methoxy groups -OCH3 is 1. The molecule has 5 nitrogen and oxygen atoms in total. The van der Waals surface area contributed by atoms with Crippen LogP contribution in [0, 0.1) is 0 Å². The van der Waals surface area contributed by atoms with Crippen molar-refractivity contribution in [3.8, 4) is 5.75 Å². The highest BCUT2D eigenvalue weighted by atomic mass is 16.5. The summed E-state index contributed by atoms with van der Waals surface area (Å²) in [5, 5.41) is 4.16. The zero-order chi connectivity index (χ0) is 21.2. The summed E-state index contributed by atoms with van der Waals surface area (Å²) < 4.78 is 5.32. The Morgan fingerprint density at radius 2 is 1.87 bits per heavy atom. The van der Waals surface area contributed by atoms with Crippen LogP contribution in [0.1, 0.15) is 59.3 Å². The smallest absolute Gasteiger partial charge is 0.252 e. The standard InChI is InChI=1S/C26H29N3O2/c1-31-20-12-10-19(11-13-20)25(29-14-4-5-15-29)17-27-26(30)22-16-24(18-8-9-18)28-23-7-3-2-6-21(22)23/h2-3,6-7,10-13,16,18,25H,4-5,8-9,14-15,17H2,1H3,(H,27,30)/t25-/m0/s1. The molecule has 1 amide bonds. The van der Waals surface area contributed by atoms with Gasteiger partial charge in [-0.15, -0.1) is 0 Å². The van der Waals surface area contributed by atoms with Gasteiger partial charge in [0.1, 0.15) is 5.75 Å². The maximum Gasteiger partial charge on any atom is 0.252 e. The molecule has 1 aliphatic carbocycles. The van der Waals surface area contributed by atoms with Gasteiger partial charge in [-0.05, 0) is 68.6 Å². The van der Waals surface area contributed by atoms with Crippen LogP contribution in [0.15, 0.2) is 54.6 Å². The normalized spacial score (nSPS) is 17.6. The van der Waals surface area contributed by atoms with Crippen molar-refractivity contribution in [2.45, 2.75) is 37.6 Å². The van der Waals surface area contributed by atoms with E-state index in [-0.39, 0.29) is 11.9 Å². The van der Waals surface area contributed by atoms with Crippen molar-refractivity contribution < 1.29 is 9.53 Å². The first-order chi connectivity index (χ1) is 15.2. The van der Waals surface area contributed by atoms with Gasteiger partial charge < -0.3 is 10.1 Å². The molecule has 0 spiro atoms. The minimum absolute atomic E-state index is 0.0155. The van der Waals surface area contributed by atoms with Gasteiger partial charge in [0.05, 0.1) is 24.2 Å². The van der Waals surface area contributed by atoms with Crippen molar-refractivity contribution in [1.29, 1.82) is 0 Å². The first-order valence-corrected chi connectivity index (χ1v) is 11.3. The van der Waals surface area contributed by atoms with E-state index >= 15 is 0 Å². The molecule has 5 rings (SSSR count). The van der Waals surface area contributed by atoms with E-state index in [0.717, 1.165) is 41.0 Å². The molecule has 0 radical (unpaired) electrons. The Kier molecular flexibility index (Phi) is 5.60. The first-order valence-electron chi connectivity index (χ1n) is 11.3. The number of carbonyl (C=O) groups is 1. The van der Waals surface area contributed by atoms with E-state index in [2.05, 4.69) is 22.3 Å². The lowest BCUT2D eigenvalue weighted by atomic mass is 10.0. The van der Waals surface area contributed by atoms with Crippen LogP contribution >= 0.6 is 0 Å². The van der Waals surface area contributed by atoms with Crippen molar-refractivity contribution >= 4 is 16.8 Å². The maximum atomic E-state index is 13.3. The Morgan fingerprint density at radius 3 is 2.58 bits per heavy atom. The van der Waals surface area contributed by atoms with Crippen LogP contribution in [0.4, 0.5) is 0 Å². The molecule has 31 heavy (non-hydrogen) atoms. The Bertz CT molecular complexity index is 1070. The molecule has 1 aromatic heterocycles. The molecule has 160 valence electrons. The molecule has 2 heterocycles. The SMILES string of the molecule is COc1ccc([C@H](CNC(=O)c2cc(C3CC3)nc3ccccc23)N2CCCC2)cc1. The molecule has 3 aromatic rings. The summed E-state index contributed by atoms with van der Waals surface area (Å²) in [6.07, 6.45) is 4.75. The number of pyridine rings is 1. The highest BCUT2D eigenvalue weighted by Crippen LogP contribution is 2.40. The van der Waals surface area contributed by atoms with Crippen LogP contribution in [-0.4, -0.2) is 42.5 Å². The molecular weight excluding hydrogens is 386 g/mol. The lowest BCUT2D eigenvalue weighted by Crippen LogP contribution is -2.37. The lowest BCUT2D eigenvalue weighted by Gasteiger charge is -2.28. The second-order valence-corrected chi connectivity index (χ2v) is 8.63. The molecule has 1 N–H and O–H groups in total. The van der Waals surface area contributed by atoms with Gasteiger partial charge in [0.15, 0.2) is 0 Å². The van der Waals surface area contributed by atoms with Crippen LogP contribution < -0.4 is 10.1 Å². The third-order valence-electron chi connectivity index (χ3n) is 6.51. The number of hydrogen-bond donors (Lipinski definition) is 1. The summed E-state index contributed by atoms with van der Waals surface area (Å²) in [7, 11) is 1.68. The fourth-order valence-electron chi connectivity index (χ4n) is 4.59. The summed E-state index contributed by atoms with van der Waals surface area (Å²) in [6.45, 7) is 2.72. The van der Waals surface area contributed by atoms with Gasteiger partial charge in [0.25, 0.3) is 5.91 Å². The highest BCUT2D eigenvalue weighted by Gasteiger charge is 2.28. The zero-order valence-electron chi connectivity index (χ0n) is 18.0. The molecule has 1 atom stereocenters. The minimum atomic E-state index is -0.0155. The third kappa shape index (κ3) is 4.28. The molecule has 1 aliphatic heterocycles. The van der Waals surface area contributed by atoms with Crippen molar-refractivity contribution in [3.63, 3.8) is 0 Å². The fraction of sp³-hybridized carbons (Fsp3) is 0.385. The molecule has 2 aliphatic rings. The summed E-state index contributed by atoms with van der Waals surface area (Å²) >= 11 is 0. The van der Waals surface area contributed by atoms with Crippen LogP contribution in [0.3, 0.4) is 0 Å². The first kappa shape index (κ1) is 20.0. The number of fused-ring (bicyclic) bond motifs is 1. The van der Waals surface area contributed by atoms with E-state index in [0.29, 0.717) is 12.5 Å². The van der Waals surface area contributed by atoms with E-state index in [9.17, 15) is 4.79 Å². The summed E-state index contributed by atoms with van der Waals surface area (Å²) in [5.41, 5.74) is 3.90. The van der Waals surface area contributed by atoms with Crippen molar-refractivity contribution in [2.75, 3.05) is 26.7 Å². The maximum absolute atomic E-state index is 13.3. The van der Waals surface area contributed by atoms with Crippen molar-refractivity contribution in [3.05, 3.63) is 71.4 Å². The van der Waals surface area contributed by atoms with Crippen molar-refractivity contribution in [1.82, 2.24) is 15.2 Å². The molecular formula is C26H29N3O2. The largest absolute Gasteiger partial charge is 0.497 e. The van der Waals surface area contributed by atoms with Crippen LogP contribution in [0.25, 0.3) is 10.9 Å². The predicted molar refractivity (Wildman–Crippen MR) is 123 cm³/mol. The van der Waals surface area contributed by atoms with Crippen LogP contribution in [0.5, 0.6) is 5.75 Å². The number of amides is 1. The van der Waals surface area contributed by atoms with Gasteiger partial charge in [0, 0.05) is 23.5 Å². The number of carbonyl (C=O) groups excluding carboxylic acids is 1. The Labute approximate surface area is 183 Å². The van der Waals surface area contributed by atoms with Crippen LogP contribution in [0.2, 0.25) is 0 Å². The van der Waals surface area contributed by atoms with Gasteiger partial charge in [-0.1, -0.05) is 30.3 Å². The Balaban J connectivity index is 1.39. The van der Waals surface area contributed by atoms with E-state index in [4.69, 9.17) is 9.72 Å². The number of rotatable bonds is 7. The number of aromatic nitrogens is 1. The number of benzene rings is 2. The number of likely N-dealkylation sites (tertiary alicyclic amines) is 1. The fourth-order valence-corrected chi connectivity index (χ4v) is 4.59. The van der Waals surface area contributed by atoms with Gasteiger partial charge in [0.2, 0.25) is 0 Å². The predicted octanol–water partition coefficient (Wildman–Crippen LogP) is 4.69. The molecule has 5 heteroatoms. The summed E-state index contributed by atoms with van der Waals surface area (Å²) in [6, 6.07) is 18.3.